The van der Waals surface area contributed by atoms with Crippen LogP contribution in [0.5, 0.6) is 0 Å². The molecule has 2 aromatic heterocycles. The van der Waals surface area contributed by atoms with Crippen LogP contribution in [-0.4, -0.2) is 54.8 Å². The third-order valence-corrected chi connectivity index (χ3v) is 3.97. The van der Waals surface area contributed by atoms with Crippen LogP contribution < -0.4 is 11.1 Å². The van der Waals surface area contributed by atoms with Crippen LogP contribution in [0.15, 0.2) is 12.4 Å². The normalized spacial score (nSPS) is 28.1. The molecule has 0 unspecified atom stereocenters. The quantitative estimate of drug-likeness (QED) is 0.441. The zero-order chi connectivity index (χ0) is 15.9. The Morgan fingerprint density at radius 1 is 1.41 bits per heavy atom. The second-order valence-corrected chi connectivity index (χ2v) is 5.25. The average molecular weight is 304 g/mol. The Morgan fingerprint density at radius 3 is 2.82 bits per heavy atom. The van der Waals surface area contributed by atoms with Crippen LogP contribution in [0.2, 0.25) is 0 Å². The molecule has 22 heavy (non-hydrogen) atoms. The fourth-order valence-corrected chi connectivity index (χ4v) is 2.90. The minimum atomic E-state index is -1.11. The van der Waals surface area contributed by atoms with Crippen molar-refractivity contribution in [1.29, 1.82) is 5.26 Å². The highest BCUT2D eigenvalue weighted by atomic mass is 16.3. The van der Waals surface area contributed by atoms with Crippen molar-refractivity contribution in [3.8, 4) is 6.07 Å². The van der Waals surface area contributed by atoms with E-state index in [2.05, 4.69) is 21.5 Å². The summed E-state index contributed by atoms with van der Waals surface area (Å²) in [5, 5.41) is 45.4. The van der Waals surface area contributed by atoms with Crippen LogP contribution in [-0.2, 0) is 6.42 Å². The fraction of sp³-hybridized carbons (Fsp3) is 0.462. The van der Waals surface area contributed by atoms with E-state index in [-0.39, 0.29) is 18.8 Å². The van der Waals surface area contributed by atoms with Gasteiger partial charge in [0.25, 0.3) is 0 Å². The molecule has 0 radical (unpaired) electrons. The molecule has 116 valence electrons. The van der Waals surface area contributed by atoms with E-state index < -0.39 is 24.3 Å². The summed E-state index contributed by atoms with van der Waals surface area (Å²) in [7, 11) is 0. The number of anilines is 1. The highest BCUT2D eigenvalue weighted by molar-refractivity contribution is 5.71. The lowest BCUT2D eigenvalue weighted by atomic mass is 10.1. The Kier molecular flexibility index (Phi) is 3.67. The maximum absolute atomic E-state index is 10.2. The van der Waals surface area contributed by atoms with Crippen molar-refractivity contribution in [2.45, 2.75) is 30.7 Å². The summed E-state index contributed by atoms with van der Waals surface area (Å²) in [6, 6.07) is 2.48. The molecule has 3 heterocycles. The SMILES string of the molecule is N#CCc1cc([C@@H]2N[C@H](CO)[C@@H](O)[C@H]2O)n2ncnc(N)c12. The van der Waals surface area contributed by atoms with Crippen molar-refractivity contribution in [3.05, 3.63) is 23.7 Å². The highest BCUT2D eigenvalue weighted by Crippen LogP contribution is 2.31. The Balaban J connectivity index is 2.12. The van der Waals surface area contributed by atoms with Gasteiger partial charge in [-0.2, -0.15) is 10.4 Å². The van der Waals surface area contributed by atoms with Gasteiger partial charge in [-0.25, -0.2) is 9.50 Å². The predicted octanol–water partition coefficient (Wildman–Crippen LogP) is -1.90. The van der Waals surface area contributed by atoms with E-state index in [1.807, 2.05) is 0 Å². The maximum Gasteiger partial charge on any atom is 0.151 e. The average Bonchev–Trinajstić information content (AvgIpc) is 3.00. The number of rotatable bonds is 3. The molecule has 1 fully saturated rings. The summed E-state index contributed by atoms with van der Waals surface area (Å²) in [5.74, 6) is 0.234. The van der Waals surface area contributed by atoms with Crippen LogP contribution in [0.3, 0.4) is 0 Å². The van der Waals surface area contributed by atoms with Crippen molar-refractivity contribution >= 4 is 11.3 Å². The second-order valence-electron chi connectivity index (χ2n) is 5.25. The molecule has 0 bridgehead atoms. The van der Waals surface area contributed by atoms with Gasteiger partial charge in [0, 0.05) is 0 Å². The van der Waals surface area contributed by atoms with Gasteiger partial charge in [-0.15, -0.1) is 0 Å². The molecule has 9 nitrogen and oxygen atoms in total. The number of aromatic nitrogens is 3. The monoisotopic (exact) mass is 304 g/mol. The van der Waals surface area contributed by atoms with E-state index in [1.165, 1.54) is 10.8 Å². The van der Waals surface area contributed by atoms with Gasteiger partial charge in [-0.3, -0.25) is 5.32 Å². The summed E-state index contributed by atoms with van der Waals surface area (Å²) in [6.45, 7) is -0.305. The molecule has 2 aromatic rings. The molecule has 3 rings (SSSR count). The Hall–Kier alpha value is -2.25. The van der Waals surface area contributed by atoms with Crippen molar-refractivity contribution < 1.29 is 15.3 Å². The highest BCUT2D eigenvalue weighted by Gasteiger charge is 2.42. The van der Waals surface area contributed by atoms with Gasteiger partial charge < -0.3 is 21.1 Å². The second kappa shape index (κ2) is 5.51. The Bertz CT molecular complexity index is 739. The molecule has 0 spiro atoms. The summed E-state index contributed by atoms with van der Waals surface area (Å²) < 4.78 is 1.50. The first kappa shape index (κ1) is 14.7. The number of nitriles is 1. The lowest BCUT2D eigenvalue weighted by Crippen LogP contribution is -2.35. The summed E-state index contributed by atoms with van der Waals surface area (Å²) in [5.41, 5.74) is 7.57. The summed E-state index contributed by atoms with van der Waals surface area (Å²) in [4.78, 5) is 3.92. The standard InChI is InChI=1S/C13H16N6O3/c14-2-1-6-3-8(19-10(6)13(15)16-5-17-19)9-12(22)11(21)7(4-20)18-9/h3,5,7,9,11-12,18,20-22H,1,4H2,(H2,15,16,17)/t7-,9+,11-,12+/m1/s1. The number of aliphatic hydroxyl groups is 3. The van der Waals surface area contributed by atoms with Gasteiger partial charge in [-0.1, -0.05) is 0 Å². The molecule has 1 saturated heterocycles. The first-order valence-electron chi connectivity index (χ1n) is 6.79. The number of nitrogen functional groups attached to an aromatic ring is 1. The molecular formula is C13H16N6O3. The molecule has 1 aliphatic rings. The number of fused-ring (bicyclic) bond motifs is 1. The summed E-state index contributed by atoms with van der Waals surface area (Å²) >= 11 is 0. The van der Waals surface area contributed by atoms with E-state index in [9.17, 15) is 15.3 Å². The minimum Gasteiger partial charge on any atom is -0.395 e. The van der Waals surface area contributed by atoms with Gasteiger partial charge in [0.05, 0.1) is 43.0 Å². The van der Waals surface area contributed by atoms with Crippen molar-refractivity contribution in [2.24, 2.45) is 0 Å². The third-order valence-electron chi connectivity index (χ3n) is 3.97. The zero-order valence-corrected chi connectivity index (χ0v) is 11.6. The predicted molar refractivity (Wildman–Crippen MR) is 75.5 cm³/mol. The van der Waals surface area contributed by atoms with Gasteiger partial charge in [0.2, 0.25) is 0 Å². The van der Waals surface area contributed by atoms with Crippen LogP contribution in [0.4, 0.5) is 5.82 Å². The van der Waals surface area contributed by atoms with E-state index in [0.29, 0.717) is 16.8 Å². The van der Waals surface area contributed by atoms with Crippen LogP contribution in [0.25, 0.3) is 5.52 Å². The van der Waals surface area contributed by atoms with Gasteiger partial charge in [-0.05, 0) is 11.6 Å². The molecule has 0 saturated carbocycles. The van der Waals surface area contributed by atoms with E-state index in [4.69, 9.17) is 11.0 Å². The van der Waals surface area contributed by atoms with Gasteiger partial charge >= 0.3 is 0 Å². The Morgan fingerprint density at radius 2 is 2.18 bits per heavy atom. The first-order valence-corrected chi connectivity index (χ1v) is 6.79. The lowest BCUT2D eigenvalue weighted by Gasteiger charge is -2.15. The molecule has 0 aromatic carbocycles. The number of aliphatic hydroxyl groups excluding tert-OH is 3. The summed E-state index contributed by atoms with van der Waals surface area (Å²) in [6.07, 6.45) is -0.806. The van der Waals surface area contributed by atoms with Crippen LogP contribution in [0, 0.1) is 11.3 Å². The molecule has 0 aliphatic carbocycles. The molecule has 0 amide bonds. The van der Waals surface area contributed by atoms with Crippen molar-refractivity contribution in [2.75, 3.05) is 12.3 Å². The maximum atomic E-state index is 10.2. The molecule has 9 heteroatoms. The largest absolute Gasteiger partial charge is 0.395 e. The Labute approximate surface area is 125 Å². The van der Waals surface area contributed by atoms with E-state index in [0.717, 1.165) is 0 Å². The van der Waals surface area contributed by atoms with E-state index >= 15 is 0 Å². The number of nitrogens with two attached hydrogens (primary N) is 1. The molecular weight excluding hydrogens is 288 g/mol. The molecule has 6 N–H and O–H groups in total. The van der Waals surface area contributed by atoms with E-state index in [1.54, 1.807) is 6.07 Å². The molecule has 1 aliphatic heterocycles. The van der Waals surface area contributed by atoms with Crippen LogP contribution in [0.1, 0.15) is 17.3 Å². The molecule has 4 atom stereocenters. The lowest BCUT2D eigenvalue weighted by molar-refractivity contribution is 0.0189. The number of hydrogen-bond acceptors (Lipinski definition) is 8. The topological polar surface area (TPSA) is 153 Å². The number of hydrogen-bond donors (Lipinski definition) is 5. The van der Waals surface area contributed by atoms with Crippen LogP contribution >= 0.6 is 0 Å². The van der Waals surface area contributed by atoms with Crippen molar-refractivity contribution in [3.63, 3.8) is 0 Å². The van der Waals surface area contributed by atoms with Crippen molar-refractivity contribution in [1.82, 2.24) is 19.9 Å². The van der Waals surface area contributed by atoms with Gasteiger partial charge in [0.1, 0.15) is 17.9 Å². The number of nitrogens with zero attached hydrogens (tertiary/aromatic N) is 4. The first-order chi connectivity index (χ1) is 10.6. The third kappa shape index (κ3) is 2.10. The number of nitrogens with one attached hydrogen (secondary N) is 1. The minimum absolute atomic E-state index is 0.121. The smallest absolute Gasteiger partial charge is 0.151 e. The fourth-order valence-electron chi connectivity index (χ4n) is 2.90. The van der Waals surface area contributed by atoms with Gasteiger partial charge in [0.15, 0.2) is 5.82 Å². The zero-order valence-electron chi connectivity index (χ0n) is 11.6.